The maximum atomic E-state index is 12.2. The molecule has 1 aromatic carbocycles. The number of anilines is 1. The highest BCUT2D eigenvalue weighted by Gasteiger charge is 2.32. The lowest BCUT2D eigenvalue weighted by atomic mass is 9.76. The number of carbonyl (C=O) groups is 1. The lowest BCUT2D eigenvalue weighted by molar-refractivity contribution is -0.126. The molecule has 0 amide bonds. The van der Waals surface area contributed by atoms with E-state index in [4.69, 9.17) is 0 Å². The van der Waals surface area contributed by atoms with Crippen molar-refractivity contribution in [2.75, 3.05) is 12.4 Å². The molecule has 0 atom stereocenters. The van der Waals surface area contributed by atoms with E-state index in [-0.39, 0.29) is 11.7 Å². The van der Waals surface area contributed by atoms with Gasteiger partial charge in [0.05, 0.1) is 5.41 Å². The van der Waals surface area contributed by atoms with Gasteiger partial charge in [0.1, 0.15) is 5.78 Å². The van der Waals surface area contributed by atoms with E-state index in [1.807, 2.05) is 59.0 Å². The number of Topliss-reactive ketones (excluding diaryl/α,β-unsaturated/α-hetero) is 1. The number of carbonyl (C=O) groups excluding carboxylic acids is 1. The second kappa shape index (κ2) is 4.69. The Morgan fingerprint density at radius 3 is 2.31 bits per heavy atom. The highest BCUT2D eigenvalue weighted by Crippen LogP contribution is 2.32. The molecule has 0 saturated heterocycles. The first-order chi connectivity index (χ1) is 7.41. The van der Waals surface area contributed by atoms with Gasteiger partial charge in [-0.05, 0) is 25.5 Å². The molecular weight excluding hydrogens is 198 g/mol. The second-order valence-electron chi connectivity index (χ2n) is 4.94. The largest absolute Gasteiger partial charge is 0.388 e. The average Bonchev–Trinajstić information content (AvgIpc) is 2.27. The van der Waals surface area contributed by atoms with Crippen molar-refractivity contribution in [3.05, 3.63) is 29.8 Å². The summed E-state index contributed by atoms with van der Waals surface area (Å²) in [5.74, 6) is 0.329. The minimum absolute atomic E-state index is 0.0555. The van der Waals surface area contributed by atoms with Crippen molar-refractivity contribution >= 4 is 11.5 Å². The molecule has 0 aliphatic carbocycles. The maximum absolute atomic E-state index is 12.2. The smallest absolute Gasteiger partial charge is 0.145 e. The highest BCUT2D eigenvalue weighted by atomic mass is 16.1. The van der Waals surface area contributed by atoms with Gasteiger partial charge >= 0.3 is 0 Å². The third-order valence-electron chi connectivity index (χ3n) is 3.01. The number of para-hydroxylation sites is 1. The maximum Gasteiger partial charge on any atom is 0.145 e. The summed E-state index contributed by atoms with van der Waals surface area (Å²) < 4.78 is 0. The standard InChI is InChI=1S/C14H21NO/c1-10(2)13(16)14(3,4)11-8-6-7-9-12(11)15-5/h6-10,15H,1-5H3. The van der Waals surface area contributed by atoms with E-state index >= 15 is 0 Å². The Bertz CT molecular complexity index is 380. The topological polar surface area (TPSA) is 29.1 Å². The SMILES string of the molecule is CNc1ccccc1C(C)(C)C(=O)C(C)C. The van der Waals surface area contributed by atoms with E-state index in [1.165, 1.54) is 0 Å². The van der Waals surface area contributed by atoms with Crippen molar-refractivity contribution < 1.29 is 4.79 Å². The van der Waals surface area contributed by atoms with Crippen molar-refractivity contribution in [3.63, 3.8) is 0 Å². The van der Waals surface area contributed by atoms with Crippen molar-refractivity contribution in [1.29, 1.82) is 0 Å². The first-order valence-electron chi connectivity index (χ1n) is 5.72. The van der Waals surface area contributed by atoms with Gasteiger partial charge in [0.2, 0.25) is 0 Å². The molecule has 0 spiro atoms. The number of nitrogens with one attached hydrogen (secondary N) is 1. The molecule has 1 N–H and O–H groups in total. The van der Waals surface area contributed by atoms with Crippen LogP contribution in [0, 0.1) is 5.92 Å². The summed E-state index contributed by atoms with van der Waals surface area (Å²) in [7, 11) is 1.88. The van der Waals surface area contributed by atoms with Gasteiger partial charge in [0.15, 0.2) is 0 Å². The summed E-state index contributed by atoms with van der Waals surface area (Å²) in [6, 6.07) is 7.98. The average molecular weight is 219 g/mol. The van der Waals surface area contributed by atoms with Crippen LogP contribution in [-0.2, 0) is 10.2 Å². The van der Waals surface area contributed by atoms with E-state index in [1.54, 1.807) is 0 Å². The van der Waals surface area contributed by atoms with E-state index in [0.717, 1.165) is 11.3 Å². The van der Waals surface area contributed by atoms with Crippen LogP contribution in [0.5, 0.6) is 0 Å². The van der Waals surface area contributed by atoms with Crippen LogP contribution in [0.3, 0.4) is 0 Å². The first-order valence-corrected chi connectivity index (χ1v) is 5.72. The lowest BCUT2D eigenvalue weighted by Crippen LogP contribution is -2.33. The van der Waals surface area contributed by atoms with Gasteiger partial charge in [0, 0.05) is 18.7 Å². The zero-order valence-electron chi connectivity index (χ0n) is 10.8. The quantitative estimate of drug-likeness (QED) is 0.842. The number of ketones is 1. The molecule has 0 unspecified atom stereocenters. The lowest BCUT2D eigenvalue weighted by Gasteiger charge is -2.28. The Balaban J connectivity index is 3.21. The predicted molar refractivity (Wildman–Crippen MR) is 68.9 cm³/mol. The normalized spacial score (nSPS) is 11.6. The van der Waals surface area contributed by atoms with Gasteiger partial charge in [-0.2, -0.15) is 0 Å². The molecule has 0 radical (unpaired) electrons. The van der Waals surface area contributed by atoms with E-state index in [2.05, 4.69) is 5.32 Å². The molecular formula is C14H21NO. The van der Waals surface area contributed by atoms with Gasteiger partial charge in [0.25, 0.3) is 0 Å². The van der Waals surface area contributed by atoms with Crippen LogP contribution in [0.15, 0.2) is 24.3 Å². The summed E-state index contributed by atoms with van der Waals surface area (Å²) in [5, 5.41) is 3.14. The molecule has 2 nitrogen and oxygen atoms in total. The molecule has 0 aromatic heterocycles. The molecule has 0 heterocycles. The van der Waals surface area contributed by atoms with Crippen LogP contribution in [0.4, 0.5) is 5.69 Å². The number of rotatable bonds is 4. The number of benzene rings is 1. The molecule has 1 rings (SSSR count). The Morgan fingerprint density at radius 2 is 1.81 bits per heavy atom. The van der Waals surface area contributed by atoms with Gasteiger partial charge in [-0.25, -0.2) is 0 Å². The number of hydrogen-bond donors (Lipinski definition) is 1. The predicted octanol–water partition coefficient (Wildman–Crippen LogP) is 3.23. The third kappa shape index (κ3) is 2.26. The van der Waals surface area contributed by atoms with Crippen molar-refractivity contribution in [3.8, 4) is 0 Å². The highest BCUT2D eigenvalue weighted by molar-refractivity contribution is 5.92. The minimum atomic E-state index is -0.437. The van der Waals surface area contributed by atoms with Crippen LogP contribution in [0.1, 0.15) is 33.3 Å². The Hall–Kier alpha value is -1.31. The van der Waals surface area contributed by atoms with E-state index in [0.29, 0.717) is 0 Å². The summed E-state index contributed by atoms with van der Waals surface area (Å²) in [4.78, 5) is 12.2. The molecule has 0 bridgehead atoms. The van der Waals surface area contributed by atoms with Gasteiger partial charge in [-0.3, -0.25) is 4.79 Å². The van der Waals surface area contributed by atoms with Crippen molar-refractivity contribution in [2.24, 2.45) is 5.92 Å². The Kier molecular flexibility index (Phi) is 3.74. The van der Waals surface area contributed by atoms with Crippen LogP contribution in [0.2, 0.25) is 0 Å². The third-order valence-corrected chi connectivity index (χ3v) is 3.01. The van der Waals surface area contributed by atoms with Crippen LogP contribution < -0.4 is 5.32 Å². The summed E-state index contributed by atoms with van der Waals surface area (Å²) in [6.45, 7) is 7.88. The van der Waals surface area contributed by atoms with Crippen molar-refractivity contribution in [1.82, 2.24) is 0 Å². The zero-order chi connectivity index (χ0) is 12.3. The fraction of sp³-hybridized carbons (Fsp3) is 0.500. The molecule has 2 heteroatoms. The van der Waals surface area contributed by atoms with Gasteiger partial charge < -0.3 is 5.32 Å². The molecule has 16 heavy (non-hydrogen) atoms. The molecule has 1 aromatic rings. The zero-order valence-corrected chi connectivity index (χ0v) is 10.8. The summed E-state index contributed by atoms with van der Waals surface area (Å²) in [6.07, 6.45) is 0. The van der Waals surface area contributed by atoms with Gasteiger partial charge in [-0.15, -0.1) is 0 Å². The molecule has 0 aliphatic heterocycles. The number of hydrogen-bond acceptors (Lipinski definition) is 2. The second-order valence-corrected chi connectivity index (χ2v) is 4.94. The fourth-order valence-electron chi connectivity index (χ4n) is 2.10. The first kappa shape index (κ1) is 12.8. The summed E-state index contributed by atoms with van der Waals surface area (Å²) in [5.41, 5.74) is 1.66. The summed E-state index contributed by atoms with van der Waals surface area (Å²) >= 11 is 0. The Morgan fingerprint density at radius 1 is 1.25 bits per heavy atom. The minimum Gasteiger partial charge on any atom is -0.388 e. The molecule has 88 valence electrons. The van der Waals surface area contributed by atoms with Crippen LogP contribution >= 0.6 is 0 Å². The monoisotopic (exact) mass is 219 g/mol. The van der Waals surface area contributed by atoms with Crippen LogP contribution in [-0.4, -0.2) is 12.8 Å². The van der Waals surface area contributed by atoms with E-state index < -0.39 is 5.41 Å². The molecule has 0 fully saturated rings. The van der Waals surface area contributed by atoms with Crippen molar-refractivity contribution in [2.45, 2.75) is 33.1 Å². The van der Waals surface area contributed by atoms with Gasteiger partial charge in [-0.1, -0.05) is 32.0 Å². The van der Waals surface area contributed by atoms with E-state index in [9.17, 15) is 4.79 Å². The Labute approximate surface area is 98.1 Å². The fourth-order valence-corrected chi connectivity index (χ4v) is 2.10. The molecule has 0 aliphatic rings. The van der Waals surface area contributed by atoms with Crippen LogP contribution in [0.25, 0.3) is 0 Å². The molecule has 0 saturated carbocycles.